The van der Waals surface area contributed by atoms with Crippen molar-refractivity contribution in [3.05, 3.63) is 59.7 Å². The van der Waals surface area contributed by atoms with Gasteiger partial charge in [0.2, 0.25) is 10.0 Å². The van der Waals surface area contributed by atoms with Gasteiger partial charge in [-0.2, -0.15) is 0 Å². The van der Waals surface area contributed by atoms with Crippen LogP contribution in [0.25, 0.3) is 0 Å². The van der Waals surface area contributed by atoms with Gasteiger partial charge in [-0.15, -0.1) is 0 Å². The van der Waals surface area contributed by atoms with Crippen LogP contribution in [0, 0.1) is 5.92 Å². The van der Waals surface area contributed by atoms with Crippen LogP contribution >= 0.6 is 12.2 Å². The van der Waals surface area contributed by atoms with E-state index in [4.69, 9.17) is 12.2 Å². The molecule has 1 atom stereocenters. The van der Waals surface area contributed by atoms with Crippen LogP contribution < -0.4 is 10.6 Å². The summed E-state index contributed by atoms with van der Waals surface area (Å²) in [4.78, 5) is 0.223. The Morgan fingerprint density at radius 3 is 2.29 bits per heavy atom. The Labute approximate surface area is 174 Å². The first-order valence-electron chi connectivity index (χ1n) is 9.34. The van der Waals surface area contributed by atoms with Gasteiger partial charge in [-0.1, -0.05) is 51.1 Å². The average Bonchev–Trinajstić information content (AvgIpc) is 2.66. The summed E-state index contributed by atoms with van der Waals surface area (Å²) in [5, 5.41) is 6.92. The maximum atomic E-state index is 12.3. The maximum absolute atomic E-state index is 12.3. The highest BCUT2D eigenvalue weighted by Crippen LogP contribution is 2.23. The Balaban J connectivity index is 2.15. The molecule has 0 unspecified atom stereocenters. The van der Waals surface area contributed by atoms with Crippen molar-refractivity contribution >= 4 is 33.0 Å². The summed E-state index contributed by atoms with van der Waals surface area (Å²) in [6.07, 6.45) is 1.01. The van der Waals surface area contributed by atoms with E-state index in [0.29, 0.717) is 16.7 Å². The Kier molecular flexibility index (Phi) is 7.57. The van der Waals surface area contributed by atoms with Crippen molar-refractivity contribution < 1.29 is 8.42 Å². The first-order valence-corrected chi connectivity index (χ1v) is 11.2. The molecule has 0 radical (unpaired) electrons. The standard InChI is InChI=1S/C21H29N3O2S2/c1-6-16-10-12-17(13-11-16)20(15(2)3)23-21(27)22-18-8-7-9-19(14-18)28(25,26)24(4)5/h7-15,20H,6H2,1-5H3,(H2,22,23,27)/t20-/m0/s1. The van der Waals surface area contributed by atoms with E-state index < -0.39 is 10.0 Å². The number of anilines is 1. The smallest absolute Gasteiger partial charge is 0.242 e. The molecular weight excluding hydrogens is 390 g/mol. The molecule has 0 heterocycles. The van der Waals surface area contributed by atoms with Crippen molar-refractivity contribution in [2.24, 2.45) is 5.92 Å². The molecule has 0 bridgehead atoms. The summed E-state index contributed by atoms with van der Waals surface area (Å²) in [5.41, 5.74) is 3.09. The number of nitrogens with one attached hydrogen (secondary N) is 2. The van der Waals surface area contributed by atoms with Gasteiger partial charge in [-0.25, -0.2) is 12.7 Å². The third kappa shape index (κ3) is 5.53. The molecule has 0 aliphatic rings. The topological polar surface area (TPSA) is 61.4 Å². The van der Waals surface area contributed by atoms with E-state index in [-0.39, 0.29) is 10.9 Å². The van der Waals surface area contributed by atoms with E-state index in [1.54, 1.807) is 24.3 Å². The molecule has 0 fully saturated rings. The molecule has 2 aromatic carbocycles. The lowest BCUT2D eigenvalue weighted by molar-refractivity contribution is 0.473. The first-order chi connectivity index (χ1) is 13.1. The van der Waals surface area contributed by atoms with Crippen LogP contribution in [0.1, 0.15) is 37.9 Å². The summed E-state index contributed by atoms with van der Waals surface area (Å²) in [5.74, 6) is 0.327. The van der Waals surface area contributed by atoms with E-state index in [0.717, 1.165) is 6.42 Å². The zero-order valence-electron chi connectivity index (χ0n) is 17.1. The average molecular weight is 420 g/mol. The highest BCUT2D eigenvalue weighted by molar-refractivity contribution is 7.89. The Morgan fingerprint density at radius 2 is 1.75 bits per heavy atom. The molecule has 2 rings (SSSR count). The highest BCUT2D eigenvalue weighted by atomic mass is 32.2. The summed E-state index contributed by atoms with van der Waals surface area (Å²) in [6, 6.07) is 15.2. The van der Waals surface area contributed by atoms with Crippen molar-refractivity contribution in [3.8, 4) is 0 Å². The number of hydrogen-bond acceptors (Lipinski definition) is 3. The number of nitrogens with zero attached hydrogens (tertiary/aromatic N) is 1. The molecule has 0 aliphatic carbocycles. The second kappa shape index (κ2) is 9.49. The van der Waals surface area contributed by atoms with E-state index in [1.165, 1.54) is 29.5 Å². The zero-order valence-corrected chi connectivity index (χ0v) is 18.7. The molecule has 2 N–H and O–H groups in total. The minimum absolute atomic E-state index is 0.0552. The van der Waals surface area contributed by atoms with Gasteiger partial charge in [-0.3, -0.25) is 0 Å². The zero-order chi connectivity index (χ0) is 20.9. The fraction of sp³-hybridized carbons (Fsp3) is 0.381. The third-order valence-corrected chi connectivity index (χ3v) is 6.60. The Bertz CT molecular complexity index is 908. The van der Waals surface area contributed by atoms with Crippen LogP contribution in [-0.2, 0) is 16.4 Å². The molecule has 152 valence electrons. The summed E-state index contributed by atoms with van der Waals surface area (Å²) in [6.45, 7) is 6.41. The molecule has 0 saturated carbocycles. The Morgan fingerprint density at radius 1 is 1.11 bits per heavy atom. The monoisotopic (exact) mass is 419 g/mol. The minimum atomic E-state index is -3.49. The van der Waals surface area contributed by atoms with Crippen LogP contribution in [0.15, 0.2) is 53.4 Å². The number of thiocarbonyl (C=S) groups is 1. The molecule has 5 nitrogen and oxygen atoms in total. The van der Waals surface area contributed by atoms with Gasteiger partial charge in [0.1, 0.15) is 0 Å². The summed E-state index contributed by atoms with van der Waals surface area (Å²) < 4.78 is 25.8. The summed E-state index contributed by atoms with van der Waals surface area (Å²) >= 11 is 5.49. The van der Waals surface area contributed by atoms with Crippen LogP contribution in [0.5, 0.6) is 0 Å². The first kappa shape index (κ1) is 22.3. The van der Waals surface area contributed by atoms with E-state index in [9.17, 15) is 8.42 Å². The fourth-order valence-electron chi connectivity index (χ4n) is 2.85. The predicted octanol–water partition coefficient (Wildman–Crippen LogP) is 4.18. The molecule has 0 amide bonds. The molecule has 7 heteroatoms. The molecule has 28 heavy (non-hydrogen) atoms. The van der Waals surface area contributed by atoms with Crippen LogP contribution in [0.3, 0.4) is 0 Å². The van der Waals surface area contributed by atoms with Crippen LogP contribution in [0.2, 0.25) is 0 Å². The predicted molar refractivity (Wildman–Crippen MR) is 120 cm³/mol. The molecule has 0 aliphatic heterocycles. The molecule has 0 saturated heterocycles. The molecule has 0 spiro atoms. The largest absolute Gasteiger partial charge is 0.355 e. The fourth-order valence-corrected chi connectivity index (χ4v) is 4.04. The number of benzene rings is 2. The molecular formula is C21H29N3O2S2. The van der Waals surface area contributed by atoms with Gasteiger partial charge < -0.3 is 10.6 Å². The lowest BCUT2D eigenvalue weighted by Crippen LogP contribution is -2.35. The van der Waals surface area contributed by atoms with Gasteiger partial charge >= 0.3 is 0 Å². The van der Waals surface area contributed by atoms with Gasteiger partial charge in [0.15, 0.2) is 5.11 Å². The lowest BCUT2D eigenvalue weighted by Gasteiger charge is -2.25. The van der Waals surface area contributed by atoms with Crippen LogP contribution in [-0.4, -0.2) is 31.9 Å². The second-order valence-electron chi connectivity index (χ2n) is 7.23. The normalized spacial score (nSPS) is 12.8. The van der Waals surface area contributed by atoms with Crippen molar-refractivity contribution in [2.75, 3.05) is 19.4 Å². The second-order valence-corrected chi connectivity index (χ2v) is 9.79. The van der Waals surface area contributed by atoms with E-state index in [2.05, 4.69) is 55.7 Å². The van der Waals surface area contributed by atoms with Crippen molar-refractivity contribution in [1.82, 2.24) is 9.62 Å². The van der Waals surface area contributed by atoms with Crippen molar-refractivity contribution in [1.29, 1.82) is 0 Å². The SMILES string of the molecule is CCc1ccc([C@@H](NC(=S)Nc2cccc(S(=O)(=O)N(C)C)c2)C(C)C)cc1. The number of hydrogen-bond donors (Lipinski definition) is 2. The number of sulfonamides is 1. The van der Waals surface area contributed by atoms with Crippen LogP contribution in [0.4, 0.5) is 5.69 Å². The molecule has 0 aromatic heterocycles. The van der Waals surface area contributed by atoms with Gasteiger partial charge in [0.05, 0.1) is 10.9 Å². The lowest BCUT2D eigenvalue weighted by atomic mass is 9.95. The van der Waals surface area contributed by atoms with E-state index in [1.807, 2.05) is 0 Å². The van der Waals surface area contributed by atoms with Gasteiger partial charge in [0, 0.05) is 19.8 Å². The highest BCUT2D eigenvalue weighted by Gasteiger charge is 2.19. The maximum Gasteiger partial charge on any atom is 0.242 e. The molecule has 2 aromatic rings. The quantitative estimate of drug-likeness (QED) is 0.659. The minimum Gasteiger partial charge on any atom is -0.355 e. The third-order valence-electron chi connectivity index (χ3n) is 4.57. The summed E-state index contributed by atoms with van der Waals surface area (Å²) in [7, 11) is -0.467. The van der Waals surface area contributed by atoms with Crippen molar-refractivity contribution in [2.45, 2.75) is 38.1 Å². The Hall–Kier alpha value is -1.96. The number of aryl methyl sites for hydroxylation is 1. The number of rotatable bonds is 7. The van der Waals surface area contributed by atoms with E-state index >= 15 is 0 Å². The van der Waals surface area contributed by atoms with Gasteiger partial charge in [0.25, 0.3) is 0 Å². The van der Waals surface area contributed by atoms with Crippen molar-refractivity contribution in [3.63, 3.8) is 0 Å². The van der Waals surface area contributed by atoms with Gasteiger partial charge in [-0.05, 0) is 53.9 Å².